The van der Waals surface area contributed by atoms with Crippen LogP contribution in [0.5, 0.6) is 0 Å². The van der Waals surface area contributed by atoms with Gasteiger partial charge in [-0.3, -0.25) is 4.79 Å². The highest BCUT2D eigenvalue weighted by Crippen LogP contribution is 2.12. The van der Waals surface area contributed by atoms with Gasteiger partial charge in [-0.05, 0) is 12.0 Å². The minimum absolute atomic E-state index is 0.00742. The van der Waals surface area contributed by atoms with Gasteiger partial charge in [-0.2, -0.15) is 0 Å². The number of carbonyl (C=O) groups is 1. The average Bonchev–Trinajstić information content (AvgIpc) is 2.98. The topological polar surface area (TPSA) is 72.9 Å². The van der Waals surface area contributed by atoms with Crippen LogP contribution in [0.3, 0.4) is 0 Å². The van der Waals surface area contributed by atoms with Gasteiger partial charge in [0.1, 0.15) is 0 Å². The van der Waals surface area contributed by atoms with Crippen molar-refractivity contribution in [3.05, 3.63) is 54.6 Å². The van der Waals surface area contributed by atoms with E-state index in [9.17, 15) is 4.79 Å². The van der Waals surface area contributed by atoms with Crippen LogP contribution in [0.25, 0.3) is 0 Å². The zero-order valence-corrected chi connectivity index (χ0v) is 11.4. The molecule has 0 aliphatic heterocycles. The zero-order chi connectivity index (χ0) is 14.2. The Morgan fingerprint density at radius 2 is 2.15 bits per heavy atom. The fourth-order valence-corrected chi connectivity index (χ4v) is 2.00. The molecule has 0 aliphatic carbocycles. The number of imidazole rings is 1. The minimum atomic E-state index is -0.246. The number of aromatic nitrogens is 2. The van der Waals surface area contributed by atoms with Crippen LogP contribution in [0.15, 0.2) is 49.1 Å². The second kappa shape index (κ2) is 7.45. The zero-order valence-electron chi connectivity index (χ0n) is 11.4. The van der Waals surface area contributed by atoms with Gasteiger partial charge in [0.2, 0.25) is 5.91 Å². The Morgan fingerprint density at radius 1 is 1.35 bits per heavy atom. The Hall–Kier alpha value is -2.14. The number of nitrogens with two attached hydrogens (primary N) is 1. The van der Waals surface area contributed by atoms with Crippen LogP contribution in [0.4, 0.5) is 0 Å². The Kier molecular flexibility index (Phi) is 5.32. The number of benzene rings is 1. The Bertz CT molecular complexity index is 510. The third-order valence-electron chi connectivity index (χ3n) is 3.11. The van der Waals surface area contributed by atoms with Crippen molar-refractivity contribution in [1.29, 1.82) is 0 Å². The molecule has 1 heterocycles. The molecular weight excluding hydrogens is 252 g/mol. The van der Waals surface area contributed by atoms with Crippen molar-refractivity contribution in [3.63, 3.8) is 0 Å². The summed E-state index contributed by atoms with van der Waals surface area (Å²) in [5.74, 6) is -0.00742. The summed E-state index contributed by atoms with van der Waals surface area (Å²) in [6.07, 6.45) is 6.62. The standard InChI is InChI=1S/C15H20N4O/c16-14(13-5-2-1-3-6-13)11-15(20)18-7-4-9-19-10-8-17-12-19/h1-3,5-6,8,10,12,14H,4,7,9,11,16H2,(H,18,20). The molecule has 0 spiro atoms. The minimum Gasteiger partial charge on any atom is -0.356 e. The molecule has 1 aromatic heterocycles. The van der Waals surface area contributed by atoms with Gasteiger partial charge in [-0.1, -0.05) is 30.3 Å². The molecule has 0 fully saturated rings. The largest absolute Gasteiger partial charge is 0.356 e. The van der Waals surface area contributed by atoms with Crippen LogP contribution in [0.2, 0.25) is 0 Å². The summed E-state index contributed by atoms with van der Waals surface area (Å²) in [4.78, 5) is 15.7. The molecule has 0 saturated carbocycles. The van der Waals surface area contributed by atoms with Crippen molar-refractivity contribution in [2.75, 3.05) is 6.54 Å². The summed E-state index contributed by atoms with van der Waals surface area (Å²) in [6.45, 7) is 1.50. The van der Waals surface area contributed by atoms with Gasteiger partial charge in [0.05, 0.1) is 6.33 Å². The highest BCUT2D eigenvalue weighted by atomic mass is 16.1. The lowest BCUT2D eigenvalue weighted by Gasteiger charge is -2.12. The predicted molar refractivity (Wildman–Crippen MR) is 77.8 cm³/mol. The van der Waals surface area contributed by atoms with Gasteiger partial charge in [0.25, 0.3) is 0 Å². The van der Waals surface area contributed by atoms with Crippen molar-refractivity contribution in [3.8, 4) is 0 Å². The van der Waals surface area contributed by atoms with Gasteiger partial charge in [0, 0.05) is 37.9 Å². The van der Waals surface area contributed by atoms with Crippen LogP contribution >= 0.6 is 0 Å². The summed E-state index contributed by atoms with van der Waals surface area (Å²) in [5.41, 5.74) is 6.99. The lowest BCUT2D eigenvalue weighted by molar-refractivity contribution is -0.121. The number of hydrogen-bond donors (Lipinski definition) is 2. The van der Waals surface area contributed by atoms with E-state index >= 15 is 0 Å². The number of hydrogen-bond acceptors (Lipinski definition) is 3. The maximum Gasteiger partial charge on any atom is 0.221 e. The van der Waals surface area contributed by atoms with E-state index < -0.39 is 0 Å². The maximum absolute atomic E-state index is 11.8. The fraction of sp³-hybridized carbons (Fsp3) is 0.333. The summed E-state index contributed by atoms with van der Waals surface area (Å²) in [5, 5.41) is 2.89. The van der Waals surface area contributed by atoms with Crippen molar-refractivity contribution in [1.82, 2.24) is 14.9 Å². The highest BCUT2D eigenvalue weighted by molar-refractivity contribution is 5.76. The summed E-state index contributed by atoms with van der Waals surface area (Å²) >= 11 is 0. The molecule has 5 heteroatoms. The molecule has 0 bridgehead atoms. The molecule has 3 N–H and O–H groups in total. The van der Waals surface area contributed by atoms with E-state index in [0.29, 0.717) is 13.0 Å². The van der Waals surface area contributed by atoms with Gasteiger partial charge < -0.3 is 15.6 Å². The monoisotopic (exact) mass is 272 g/mol. The van der Waals surface area contributed by atoms with E-state index in [1.807, 2.05) is 41.1 Å². The van der Waals surface area contributed by atoms with Crippen molar-refractivity contribution >= 4 is 5.91 Å². The second-order valence-electron chi connectivity index (χ2n) is 4.73. The van der Waals surface area contributed by atoms with Crippen LogP contribution < -0.4 is 11.1 Å². The first-order valence-corrected chi connectivity index (χ1v) is 6.78. The molecule has 1 aromatic carbocycles. The number of amides is 1. The fourth-order valence-electron chi connectivity index (χ4n) is 2.00. The third-order valence-corrected chi connectivity index (χ3v) is 3.11. The predicted octanol–water partition coefficient (Wildman–Crippen LogP) is 1.48. The maximum atomic E-state index is 11.8. The molecule has 1 unspecified atom stereocenters. The van der Waals surface area contributed by atoms with Gasteiger partial charge >= 0.3 is 0 Å². The average molecular weight is 272 g/mol. The summed E-state index contributed by atoms with van der Waals surface area (Å²) < 4.78 is 1.99. The lowest BCUT2D eigenvalue weighted by Crippen LogP contribution is -2.28. The van der Waals surface area contributed by atoms with E-state index in [4.69, 9.17) is 5.73 Å². The normalized spacial score (nSPS) is 12.1. The van der Waals surface area contributed by atoms with E-state index in [1.54, 1.807) is 12.5 Å². The van der Waals surface area contributed by atoms with Crippen molar-refractivity contribution < 1.29 is 4.79 Å². The third kappa shape index (κ3) is 4.51. The molecule has 20 heavy (non-hydrogen) atoms. The smallest absolute Gasteiger partial charge is 0.221 e. The van der Waals surface area contributed by atoms with E-state index in [2.05, 4.69) is 10.3 Å². The number of rotatable bonds is 7. The molecule has 106 valence electrons. The van der Waals surface area contributed by atoms with Gasteiger partial charge in [0.15, 0.2) is 0 Å². The SMILES string of the molecule is NC(CC(=O)NCCCn1ccnc1)c1ccccc1. The molecule has 0 saturated heterocycles. The molecule has 0 aliphatic rings. The Balaban J connectivity index is 1.65. The van der Waals surface area contributed by atoms with Crippen LogP contribution in [-0.2, 0) is 11.3 Å². The molecule has 0 radical (unpaired) electrons. The molecule has 5 nitrogen and oxygen atoms in total. The number of nitrogens with zero attached hydrogens (tertiary/aromatic N) is 2. The van der Waals surface area contributed by atoms with Crippen molar-refractivity contribution in [2.45, 2.75) is 25.4 Å². The summed E-state index contributed by atoms with van der Waals surface area (Å²) in [7, 11) is 0. The van der Waals surface area contributed by atoms with Gasteiger partial charge in [-0.15, -0.1) is 0 Å². The lowest BCUT2D eigenvalue weighted by atomic mass is 10.0. The Labute approximate surface area is 118 Å². The second-order valence-corrected chi connectivity index (χ2v) is 4.73. The van der Waals surface area contributed by atoms with Crippen LogP contribution in [0, 0.1) is 0 Å². The number of nitrogens with one attached hydrogen (secondary N) is 1. The van der Waals surface area contributed by atoms with Crippen LogP contribution in [0.1, 0.15) is 24.4 Å². The first-order chi connectivity index (χ1) is 9.75. The number of carbonyl (C=O) groups excluding carboxylic acids is 1. The quantitative estimate of drug-likeness (QED) is 0.750. The number of aryl methyl sites for hydroxylation is 1. The van der Waals surface area contributed by atoms with Crippen LogP contribution in [-0.4, -0.2) is 22.0 Å². The highest BCUT2D eigenvalue weighted by Gasteiger charge is 2.10. The van der Waals surface area contributed by atoms with E-state index in [-0.39, 0.29) is 11.9 Å². The van der Waals surface area contributed by atoms with E-state index in [1.165, 1.54) is 0 Å². The first kappa shape index (κ1) is 14.3. The van der Waals surface area contributed by atoms with E-state index in [0.717, 1.165) is 18.5 Å². The molecule has 2 aromatic rings. The van der Waals surface area contributed by atoms with Crippen molar-refractivity contribution in [2.24, 2.45) is 5.73 Å². The molecule has 1 atom stereocenters. The first-order valence-electron chi connectivity index (χ1n) is 6.78. The molecule has 2 rings (SSSR count). The summed E-state index contributed by atoms with van der Waals surface area (Å²) in [6, 6.07) is 9.43. The molecular formula is C15H20N4O. The Morgan fingerprint density at radius 3 is 2.85 bits per heavy atom. The molecule has 1 amide bonds. The van der Waals surface area contributed by atoms with Gasteiger partial charge in [-0.25, -0.2) is 4.98 Å².